The summed E-state index contributed by atoms with van der Waals surface area (Å²) >= 11 is 5.81. The Hall–Kier alpha value is -0.950. The highest BCUT2D eigenvalue weighted by molar-refractivity contribution is 7.87. The number of piperidine rings is 1. The molecule has 1 N–H and O–H groups in total. The first-order valence-corrected chi connectivity index (χ1v) is 8.80. The van der Waals surface area contributed by atoms with Crippen LogP contribution < -0.4 is 4.72 Å². The second-order valence-electron chi connectivity index (χ2n) is 5.05. The van der Waals surface area contributed by atoms with E-state index in [2.05, 4.69) is 4.72 Å². The van der Waals surface area contributed by atoms with Gasteiger partial charge in [-0.1, -0.05) is 18.5 Å². The number of nitrogens with zero attached hydrogens (tertiary/aromatic N) is 1. The Bertz CT molecular complexity index is 593. The summed E-state index contributed by atoms with van der Waals surface area (Å²) in [6, 6.07) is 6.82. The van der Waals surface area contributed by atoms with Crippen LogP contribution in [0.25, 0.3) is 0 Å². The fourth-order valence-electron chi connectivity index (χ4n) is 2.48. The average molecular weight is 331 g/mol. The molecule has 1 aliphatic heterocycles. The van der Waals surface area contributed by atoms with E-state index in [1.807, 2.05) is 0 Å². The van der Waals surface area contributed by atoms with Crippen molar-refractivity contribution in [3.05, 3.63) is 34.9 Å². The van der Waals surface area contributed by atoms with E-state index in [0.717, 1.165) is 0 Å². The maximum atomic E-state index is 12.4. The molecule has 1 aliphatic rings. The summed E-state index contributed by atoms with van der Waals surface area (Å²) in [7, 11) is -3.40. The molecule has 0 aromatic heterocycles. The van der Waals surface area contributed by atoms with Crippen LogP contribution in [0.5, 0.6) is 0 Å². The predicted molar refractivity (Wildman–Crippen MR) is 82.7 cm³/mol. The van der Waals surface area contributed by atoms with Crippen LogP contribution in [0.3, 0.4) is 0 Å². The largest absolute Gasteiger partial charge is 0.294 e. The minimum Gasteiger partial charge on any atom is -0.294 e. The number of rotatable bonds is 5. The molecule has 0 unspecified atom stereocenters. The smallest absolute Gasteiger partial charge is 0.279 e. The molecule has 0 spiro atoms. The first-order valence-electron chi connectivity index (χ1n) is 6.98. The van der Waals surface area contributed by atoms with Gasteiger partial charge in [-0.25, -0.2) is 4.72 Å². The van der Waals surface area contributed by atoms with Crippen molar-refractivity contribution in [2.24, 2.45) is 5.92 Å². The van der Waals surface area contributed by atoms with Gasteiger partial charge in [-0.3, -0.25) is 4.79 Å². The van der Waals surface area contributed by atoms with Crippen molar-refractivity contribution in [3.8, 4) is 0 Å². The van der Waals surface area contributed by atoms with Gasteiger partial charge in [-0.05, 0) is 37.1 Å². The lowest BCUT2D eigenvalue weighted by Gasteiger charge is -2.30. The van der Waals surface area contributed by atoms with Crippen molar-refractivity contribution >= 4 is 27.6 Å². The van der Waals surface area contributed by atoms with Gasteiger partial charge >= 0.3 is 0 Å². The highest BCUT2D eigenvalue weighted by atomic mass is 35.5. The van der Waals surface area contributed by atoms with Gasteiger partial charge in [0.15, 0.2) is 5.78 Å². The topological polar surface area (TPSA) is 66.5 Å². The quantitative estimate of drug-likeness (QED) is 0.841. The lowest BCUT2D eigenvalue weighted by molar-refractivity contribution is 0.0875. The van der Waals surface area contributed by atoms with E-state index in [0.29, 0.717) is 43.1 Å². The van der Waals surface area contributed by atoms with Gasteiger partial charge < -0.3 is 0 Å². The summed E-state index contributed by atoms with van der Waals surface area (Å²) < 4.78 is 27.6. The Kier molecular flexibility index (Phi) is 5.37. The van der Waals surface area contributed by atoms with E-state index in [1.54, 1.807) is 31.2 Å². The second kappa shape index (κ2) is 6.87. The summed E-state index contributed by atoms with van der Waals surface area (Å²) in [5.41, 5.74) is 0.632. The first kappa shape index (κ1) is 16.4. The standard InChI is InChI=1S/C14H19ClN2O3S/c1-2-16-21(19,20)17-9-7-12(8-10-17)14(18)11-3-5-13(15)6-4-11/h3-6,12,16H,2,7-10H2,1H3. The second-order valence-corrected chi connectivity index (χ2v) is 7.24. The Morgan fingerprint density at radius 2 is 1.86 bits per heavy atom. The van der Waals surface area contributed by atoms with Crippen LogP contribution in [0.15, 0.2) is 24.3 Å². The number of Topliss-reactive ketones (excluding diaryl/α,β-unsaturated/α-hetero) is 1. The van der Waals surface area contributed by atoms with Gasteiger partial charge in [-0.2, -0.15) is 12.7 Å². The van der Waals surface area contributed by atoms with Crippen LogP contribution in [0, 0.1) is 5.92 Å². The number of hydrogen-bond donors (Lipinski definition) is 1. The fraction of sp³-hybridized carbons (Fsp3) is 0.500. The Labute approximate surface area is 130 Å². The van der Waals surface area contributed by atoms with Crippen LogP contribution >= 0.6 is 11.6 Å². The Balaban J connectivity index is 1.98. The number of ketones is 1. The van der Waals surface area contributed by atoms with Crippen LogP contribution in [0.2, 0.25) is 5.02 Å². The zero-order chi connectivity index (χ0) is 15.5. The summed E-state index contributed by atoms with van der Waals surface area (Å²) in [6.45, 7) is 2.86. The number of hydrogen-bond acceptors (Lipinski definition) is 3. The van der Waals surface area contributed by atoms with Crippen molar-refractivity contribution in [3.63, 3.8) is 0 Å². The van der Waals surface area contributed by atoms with Crippen molar-refractivity contribution in [2.75, 3.05) is 19.6 Å². The molecule has 7 heteroatoms. The van der Waals surface area contributed by atoms with E-state index < -0.39 is 10.2 Å². The van der Waals surface area contributed by atoms with Crippen LogP contribution in [0.1, 0.15) is 30.1 Å². The maximum Gasteiger partial charge on any atom is 0.279 e. The molecule has 2 rings (SSSR count). The molecule has 1 aromatic carbocycles. The van der Waals surface area contributed by atoms with E-state index >= 15 is 0 Å². The molecular formula is C14H19ClN2O3S. The predicted octanol–water partition coefficient (Wildman–Crippen LogP) is 2.09. The van der Waals surface area contributed by atoms with E-state index in [-0.39, 0.29) is 11.7 Å². The number of carbonyl (C=O) groups is 1. The molecule has 1 heterocycles. The number of nitrogens with one attached hydrogen (secondary N) is 1. The summed E-state index contributed by atoms with van der Waals surface area (Å²) in [5, 5.41) is 0.595. The van der Waals surface area contributed by atoms with Gasteiger partial charge in [0.05, 0.1) is 0 Å². The zero-order valence-electron chi connectivity index (χ0n) is 11.9. The summed E-state index contributed by atoms with van der Waals surface area (Å²) in [5.74, 6) is -0.0635. The SMILES string of the molecule is CCNS(=O)(=O)N1CCC(C(=O)c2ccc(Cl)cc2)CC1. The lowest BCUT2D eigenvalue weighted by atomic mass is 9.90. The Morgan fingerprint density at radius 3 is 2.38 bits per heavy atom. The lowest BCUT2D eigenvalue weighted by Crippen LogP contribution is -2.45. The molecule has 21 heavy (non-hydrogen) atoms. The number of carbonyl (C=O) groups excluding carboxylic acids is 1. The van der Waals surface area contributed by atoms with E-state index in [4.69, 9.17) is 11.6 Å². The van der Waals surface area contributed by atoms with E-state index in [9.17, 15) is 13.2 Å². The Morgan fingerprint density at radius 1 is 1.29 bits per heavy atom. The molecular weight excluding hydrogens is 312 g/mol. The monoisotopic (exact) mass is 330 g/mol. The molecule has 0 saturated carbocycles. The molecule has 5 nitrogen and oxygen atoms in total. The molecule has 1 fully saturated rings. The number of halogens is 1. The molecule has 0 atom stereocenters. The van der Waals surface area contributed by atoms with Crippen LogP contribution in [-0.4, -0.2) is 38.1 Å². The minimum atomic E-state index is -3.40. The molecule has 1 aromatic rings. The van der Waals surface area contributed by atoms with Crippen molar-refractivity contribution in [1.29, 1.82) is 0 Å². The van der Waals surface area contributed by atoms with Gasteiger partial charge in [0.2, 0.25) is 0 Å². The molecule has 0 bridgehead atoms. The van der Waals surface area contributed by atoms with Gasteiger partial charge in [0, 0.05) is 36.1 Å². The highest BCUT2D eigenvalue weighted by Crippen LogP contribution is 2.23. The number of benzene rings is 1. The summed E-state index contributed by atoms with van der Waals surface area (Å²) in [6.07, 6.45) is 1.10. The minimum absolute atomic E-state index is 0.0622. The molecule has 0 aliphatic carbocycles. The molecule has 0 amide bonds. The van der Waals surface area contributed by atoms with Crippen LogP contribution in [0.4, 0.5) is 0 Å². The molecule has 1 saturated heterocycles. The van der Waals surface area contributed by atoms with Crippen molar-refractivity contribution < 1.29 is 13.2 Å². The third-order valence-corrected chi connectivity index (χ3v) is 5.57. The van der Waals surface area contributed by atoms with Crippen molar-refractivity contribution in [1.82, 2.24) is 9.03 Å². The van der Waals surface area contributed by atoms with Gasteiger partial charge in [0.25, 0.3) is 10.2 Å². The van der Waals surface area contributed by atoms with Crippen molar-refractivity contribution in [2.45, 2.75) is 19.8 Å². The summed E-state index contributed by atoms with van der Waals surface area (Å²) in [4.78, 5) is 12.4. The van der Waals surface area contributed by atoms with Gasteiger partial charge in [0.1, 0.15) is 0 Å². The average Bonchev–Trinajstić information content (AvgIpc) is 2.47. The normalized spacial score (nSPS) is 17.8. The first-order chi connectivity index (χ1) is 9.94. The maximum absolute atomic E-state index is 12.4. The molecule has 0 radical (unpaired) electrons. The third-order valence-electron chi connectivity index (χ3n) is 3.62. The van der Waals surface area contributed by atoms with E-state index in [1.165, 1.54) is 4.31 Å². The van der Waals surface area contributed by atoms with Crippen LogP contribution in [-0.2, 0) is 10.2 Å². The highest BCUT2D eigenvalue weighted by Gasteiger charge is 2.30. The fourth-order valence-corrected chi connectivity index (χ4v) is 3.85. The third kappa shape index (κ3) is 4.03. The van der Waals surface area contributed by atoms with Gasteiger partial charge in [-0.15, -0.1) is 0 Å². The molecule has 116 valence electrons. The zero-order valence-corrected chi connectivity index (χ0v) is 13.5.